The molecule has 1 atom stereocenters. The maximum absolute atomic E-state index is 12.5. The normalized spacial score (nSPS) is 17.0. The lowest BCUT2D eigenvalue weighted by Crippen LogP contribution is -2.36. The third-order valence-corrected chi connectivity index (χ3v) is 4.62. The van der Waals surface area contributed by atoms with Gasteiger partial charge in [-0.1, -0.05) is 6.07 Å². The number of aromatic nitrogens is 3. The molecule has 8 heteroatoms. The number of aryl methyl sites for hydroxylation is 1. The highest BCUT2D eigenvalue weighted by Crippen LogP contribution is 2.14. The average Bonchev–Trinajstić information content (AvgIpc) is 2.76. The third kappa shape index (κ3) is 4.13. The lowest BCUT2D eigenvalue weighted by atomic mass is 10.1. The van der Waals surface area contributed by atoms with Crippen molar-refractivity contribution in [2.75, 3.05) is 20.6 Å². The topological polar surface area (TPSA) is 92.4 Å². The molecule has 140 valence electrons. The Morgan fingerprint density at radius 3 is 2.92 bits per heavy atom. The van der Waals surface area contributed by atoms with E-state index in [-0.39, 0.29) is 23.4 Å². The van der Waals surface area contributed by atoms with Crippen molar-refractivity contribution in [1.82, 2.24) is 24.6 Å². The molecule has 0 bridgehead atoms. The van der Waals surface area contributed by atoms with Gasteiger partial charge < -0.3 is 15.3 Å². The molecule has 1 aromatic heterocycles. The lowest BCUT2D eigenvalue weighted by molar-refractivity contribution is 0.0932. The van der Waals surface area contributed by atoms with Crippen molar-refractivity contribution < 1.29 is 9.90 Å². The van der Waals surface area contributed by atoms with Crippen molar-refractivity contribution in [3.63, 3.8) is 0 Å². The molecule has 2 N–H and O–H groups in total. The number of rotatable bonds is 5. The molecular weight excluding hydrogens is 334 g/mol. The minimum atomic E-state index is -0.214. The fraction of sp³-hybridized carbons (Fsp3) is 0.500. The van der Waals surface area contributed by atoms with Crippen LogP contribution in [0.1, 0.15) is 29.0 Å². The van der Waals surface area contributed by atoms with Crippen LogP contribution in [-0.4, -0.2) is 56.9 Å². The number of phenolic OH excluding ortho intramolecular Hbond substituents is 1. The molecule has 0 saturated heterocycles. The summed E-state index contributed by atoms with van der Waals surface area (Å²) in [5.41, 5.74) is 0.347. The number of fused-ring (bicyclic) bond motifs is 1. The van der Waals surface area contributed by atoms with Crippen LogP contribution in [0.25, 0.3) is 0 Å². The van der Waals surface area contributed by atoms with Gasteiger partial charge in [0.15, 0.2) is 0 Å². The van der Waals surface area contributed by atoms with Gasteiger partial charge in [0.25, 0.3) is 5.91 Å². The molecule has 1 aliphatic heterocycles. The van der Waals surface area contributed by atoms with Crippen LogP contribution in [0.2, 0.25) is 0 Å². The van der Waals surface area contributed by atoms with E-state index >= 15 is 0 Å². The van der Waals surface area contributed by atoms with Crippen molar-refractivity contribution >= 4 is 5.91 Å². The van der Waals surface area contributed by atoms with Gasteiger partial charge in [-0.05, 0) is 45.1 Å². The molecule has 0 fully saturated rings. The molecule has 3 rings (SSSR count). The van der Waals surface area contributed by atoms with E-state index in [0.29, 0.717) is 31.5 Å². The zero-order valence-electron chi connectivity index (χ0n) is 15.2. The van der Waals surface area contributed by atoms with Crippen molar-refractivity contribution in [2.45, 2.75) is 38.4 Å². The fourth-order valence-corrected chi connectivity index (χ4v) is 3.13. The molecular formula is C18H25N5O3. The van der Waals surface area contributed by atoms with Crippen LogP contribution in [-0.2, 0) is 19.5 Å². The van der Waals surface area contributed by atoms with Gasteiger partial charge in [-0.15, -0.1) is 0 Å². The molecule has 1 unspecified atom stereocenters. The maximum Gasteiger partial charge on any atom is 0.345 e. The summed E-state index contributed by atoms with van der Waals surface area (Å²) in [5.74, 6) is 0.633. The van der Waals surface area contributed by atoms with Crippen LogP contribution < -0.4 is 11.0 Å². The third-order valence-electron chi connectivity index (χ3n) is 4.62. The molecule has 8 nitrogen and oxygen atoms in total. The van der Waals surface area contributed by atoms with Gasteiger partial charge in [0, 0.05) is 31.1 Å². The molecule has 0 radical (unpaired) electrons. The van der Waals surface area contributed by atoms with Crippen LogP contribution in [0.15, 0.2) is 29.1 Å². The first-order valence-electron chi connectivity index (χ1n) is 8.85. The predicted octanol–water partition coefficient (Wildman–Crippen LogP) is 0.447. The van der Waals surface area contributed by atoms with E-state index in [1.54, 1.807) is 16.7 Å². The Labute approximate surface area is 152 Å². The van der Waals surface area contributed by atoms with E-state index in [0.717, 1.165) is 18.8 Å². The SMILES string of the molecule is CN(C)CCn1nc2n(c1=O)CCC(NC(=O)c1cccc(O)c1)CC2. The first-order chi connectivity index (χ1) is 12.4. The van der Waals surface area contributed by atoms with E-state index in [4.69, 9.17) is 0 Å². The van der Waals surface area contributed by atoms with Crippen LogP contribution in [0.5, 0.6) is 5.75 Å². The quantitative estimate of drug-likeness (QED) is 0.809. The Morgan fingerprint density at radius 1 is 1.38 bits per heavy atom. The van der Waals surface area contributed by atoms with E-state index in [9.17, 15) is 14.7 Å². The maximum atomic E-state index is 12.5. The van der Waals surface area contributed by atoms with Crippen LogP contribution in [0, 0.1) is 0 Å². The zero-order chi connectivity index (χ0) is 18.7. The Bertz CT molecular complexity index is 840. The van der Waals surface area contributed by atoms with Crippen LogP contribution in [0.3, 0.4) is 0 Å². The summed E-state index contributed by atoms with van der Waals surface area (Å²) in [4.78, 5) is 26.9. The molecule has 26 heavy (non-hydrogen) atoms. The predicted molar refractivity (Wildman–Crippen MR) is 97.3 cm³/mol. The van der Waals surface area contributed by atoms with Gasteiger partial charge >= 0.3 is 5.69 Å². The number of carbonyl (C=O) groups excluding carboxylic acids is 1. The number of nitrogens with one attached hydrogen (secondary N) is 1. The van der Waals surface area contributed by atoms with Crippen molar-refractivity contribution in [1.29, 1.82) is 0 Å². The van der Waals surface area contributed by atoms with Gasteiger partial charge in [0.1, 0.15) is 11.6 Å². The van der Waals surface area contributed by atoms with Gasteiger partial charge in [0.05, 0.1) is 6.54 Å². The second-order valence-corrected chi connectivity index (χ2v) is 6.92. The van der Waals surface area contributed by atoms with Crippen LogP contribution in [0.4, 0.5) is 0 Å². The number of aromatic hydroxyl groups is 1. The second-order valence-electron chi connectivity index (χ2n) is 6.92. The largest absolute Gasteiger partial charge is 0.508 e. The minimum Gasteiger partial charge on any atom is -0.508 e. The standard InChI is InChI=1S/C18H25N5O3/c1-21(2)10-11-23-18(26)22-9-8-14(6-7-16(22)20-23)19-17(25)13-4-3-5-15(24)12-13/h3-5,12,14,24H,6-11H2,1-2H3,(H,19,25). The summed E-state index contributed by atoms with van der Waals surface area (Å²) in [5, 5.41) is 17.0. The second kappa shape index (κ2) is 7.74. The Balaban J connectivity index is 1.63. The first kappa shape index (κ1) is 18.2. The Hall–Kier alpha value is -2.61. The number of likely N-dealkylation sites (N-methyl/N-ethyl adjacent to an activating group) is 1. The van der Waals surface area contributed by atoms with E-state index in [1.165, 1.54) is 16.8 Å². The summed E-state index contributed by atoms with van der Waals surface area (Å²) in [6.07, 6.45) is 2.06. The smallest absolute Gasteiger partial charge is 0.345 e. The highest BCUT2D eigenvalue weighted by molar-refractivity contribution is 5.94. The number of benzene rings is 1. The number of hydrogen-bond acceptors (Lipinski definition) is 5. The van der Waals surface area contributed by atoms with Gasteiger partial charge in [-0.2, -0.15) is 5.10 Å². The van der Waals surface area contributed by atoms with Crippen molar-refractivity contribution in [3.05, 3.63) is 46.1 Å². The molecule has 1 aromatic carbocycles. The summed E-state index contributed by atoms with van der Waals surface area (Å²) >= 11 is 0. The molecule has 2 heterocycles. The van der Waals surface area contributed by atoms with Gasteiger partial charge in [-0.25, -0.2) is 9.48 Å². The highest BCUT2D eigenvalue weighted by atomic mass is 16.3. The summed E-state index contributed by atoms with van der Waals surface area (Å²) < 4.78 is 3.25. The van der Waals surface area contributed by atoms with E-state index < -0.39 is 0 Å². The number of hydrogen-bond donors (Lipinski definition) is 2. The van der Waals surface area contributed by atoms with Crippen LogP contribution >= 0.6 is 0 Å². The summed E-state index contributed by atoms with van der Waals surface area (Å²) in [6.45, 7) is 1.88. The zero-order valence-corrected chi connectivity index (χ0v) is 15.2. The molecule has 0 spiro atoms. The highest BCUT2D eigenvalue weighted by Gasteiger charge is 2.22. The Morgan fingerprint density at radius 2 is 2.19 bits per heavy atom. The number of nitrogens with zero attached hydrogens (tertiary/aromatic N) is 4. The van der Waals surface area contributed by atoms with Gasteiger partial charge in [0.2, 0.25) is 0 Å². The molecule has 1 amide bonds. The Kier molecular flexibility index (Phi) is 5.41. The molecule has 1 aliphatic rings. The number of carbonyl (C=O) groups is 1. The first-order valence-corrected chi connectivity index (χ1v) is 8.85. The number of amides is 1. The van der Waals surface area contributed by atoms with Crippen molar-refractivity contribution in [2.24, 2.45) is 0 Å². The van der Waals surface area contributed by atoms with E-state index in [2.05, 4.69) is 10.4 Å². The minimum absolute atomic E-state index is 0.0267. The number of phenols is 1. The van der Waals surface area contributed by atoms with E-state index in [1.807, 2.05) is 19.0 Å². The molecule has 0 aliphatic carbocycles. The summed E-state index contributed by atoms with van der Waals surface area (Å²) in [6, 6.07) is 6.26. The van der Waals surface area contributed by atoms with Gasteiger partial charge in [-0.3, -0.25) is 9.36 Å². The molecule has 0 saturated carbocycles. The average molecular weight is 359 g/mol. The van der Waals surface area contributed by atoms with Crippen molar-refractivity contribution in [3.8, 4) is 5.75 Å². The monoisotopic (exact) mass is 359 g/mol. The molecule has 2 aromatic rings. The lowest BCUT2D eigenvalue weighted by Gasteiger charge is -2.16. The fourth-order valence-electron chi connectivity index (χ4n) is 3.13. The summed E-state index contributed by atoms with van der Waals surface area (Å²) in [7, 11) is 3.93.